The third-order valence-corrected chi connectivity index (χ3v) is 3.75. The van der Waals surface area contributed by atoms with E-state index in [1.54, 1.807) is 0 Å². The number of nitrogens with one attached hydrogen (secondary N) is 1. The van der Waals surface area contributed by atoms with Gasteiger partial charge in [0.2, 0.25) is 0 Å². The highest BCUT2D eigenvalue weighted by Crippen LogP contribution is 2.21. The van der Waals surface area contributed by atoms with Crippen LogP contribution in [0.5, 0.6) is 0 Å². The van der Waals surface area contributed by atoms with E-state index in [9.17, 15) is 0 Å². The van der Waals surface area contributed by atoms with E-state index in [0.29, 0.717) is 12.6 Å². The molecule has 0 saturated heterocycles. The fourth-order valence-corrected chi connectivity index (χ4v) is 2.47. The van der Waals surface area contributed by atoms with E-state index in [4.69, 9.17) is 5.11 Å². The van der Waals surface area contributed by atoms with Crippen molar-refractivity contribution >= 4 is 5.69 Å². The third kappa shape index (κ3) is 5.51. The lowest BCUT2D eigenvalue weighted by molar-refractivity contribution is 0.283. The minimum atomic E-state index is 0.307. The fraction of sp³-hybridized carbons (Fsp3) is 0.647. The van der Waals surface area contributed by atoms with E-state index < -0.39 is 0 Å². The molecule has 1 aromatic rings. The second-order valence-electron chi connectivity index (χ2n) is 5.32. The molecule has 20 heavy (non-hydrogen) atoms. The van der Waals surface area contributed by atoms with Gasteiger partial charge in [0, 0.05) is 31.9 Å². The van der Waals surface area contributed by atoms with Gasteiger partial charge in [-0.05, 0) is 49.9 Å². The zero-order valence-electron chi connectivity index (χ0n) is 13.2. The largest absolute Gasteiger partial charge is 0.396 e. The summed E-state index contributed by atoms with van der Waals surface area (Å²) in [6, 6.07) is 9.35. The Kier molecular flexibility index (Phi) is 8.31. The predicted octanol–water partition coefficient (Wildman–Crippen LogP) is 3.35. The molecule has 0 heterocycles. The Bertz CT molecular complexity index is 351. The molecule has 1 rings (SSSR count). The lowest BCUT2D eigenvalue weighted by Gasteiger charge is -2.21. The first kappa shape index (κ1) is 17.0. The van der Waals surface area contributed by atoms with Crippen molar-refractivity contribution in [1.82, 2.24) is 5.32 Å². The Balaban J connectivity index is 2.52. The van der Waals surface area contributed by atoms with Crippen LogP contribution < -0.4 is 10.2 Å². The summed E-state index contributed by atoms with van der Waals surface area (Å²) in [6.07, 6.45) is 4.25. The number of benzene rings is 1. The van der Waals surface area contributed by atoms with Crippen molar-refractivity contribution in [2.45, 2.75) is 45.6 Å². The van der Waals surface area contributed by atoms with Crippen LogP contribution in [0.1, 0.15) is 51.1 Å². The van der Waals surface area contributed by atoms with Gasteiger partial charge in [0.05, 0.1) is 0 Å². The number of hydrogen-bond acceptors (Lipinski definition) is 3. The Morgan fingerprint density at radius 3 is 2.35 bits per heavy atom. The zero-order chi connectivity index (χ0) is 14.8. The summed E-state index contributed by atoms with van der Waals surface area (Å²) in [7, 11) is 2.13. The number of aliphatic hydroxyl groups excluding tert-OH is 1. The minimum Gasteiger partial charge on any atom is -0.396 e. The molecule has 0 aliphatic rings. The molecule has 0 fully saturated rings. The fourth-order valence-electron chi connectivity index (χ4n) is 2.47. The Hall–Kier alpha value is -1.06. The van der Waals surface area contributed by atoms with Gasteiger partial charge < -0.3 is 15.3 Å². The molecule has 3 nitrogen and oxygen atoms in total. The van der Waals surface area contributed by atoms with E-state index in [1.165, 1.54) is 11.3 Å². The lowest BCUT2D eigenvalue weighted by Crippen LogP contribution is -2.21. The Morgan fingerprint density at radius 1 is 1.10 bits per heavy atom. The van der Waals surface area contributed by atoms with Crippen molar-refractivity contribution in [3.63, 3.8) is 0 Å². The molecule has 1 atom stereocenters. The molecule has 3 heteroatoms. The summed E-state index contributed by atoms with van der Waals surface area (Å²) in [5.74, 6) is 0. The van der Waals surface area contributed by atoms with Crippen LogP contribution in [0.2, 0.25) is 0 Å². The van der Waals surface area contributed by atoms with Crippen molar-refractivity contribution in [1.29, 1.82) is 0 Å². The number of rotatable bonds is 10. The first-order chi connectivity index (χ1) is 9.72. The molecule has 0 spiro atoms. The zero-order valence-corrected chi connectivity index (χ0v) is 13.2. The summed E-state index contributed by atoms with van der Waals surface area (Å²) in [6.45, 7) is 6.72. The first-order valence-electron chi connectivity index (χ1n) is 7.88. The topological polar surface area (TPSA) is 35.5 Å². The lowest BCUT2D eigenvalue weighted by atomic mass is 10.0. The van der Waals surface area contributed by atoms with Crippen LogP contribution in [0.15, 0.2) is 24.3 Å². The molecule has 0 aliphatic heterocycles. The van der Waals surface area contributed by atoms with Crippen LogP contribution in [-0.4, -0.2) is 31.9 Å². The molecule has 0 aromatic heterocycles. The third-order valence-electron chi connectivity index (χ3n) is 3.75. The van der Waals surface area contributed by atoms with Gasteiger partial charge in [-0.3, -0.25) is 0 Å². The van der Waals surface area contributed by atoms with Gasteiger partial charge in [-0.25, -0.2) is 0 Å². The van der Waals surface area contributed by atoms with E-state index in [-0.39, 0.29) is 0 Å². The minimum absolute atomic E-state index is 0.307. The first-order valence-corrected chi connectivity index (χ1v) is 7.88. The average molecular weight is 278 g/mol. The van der Waals surface area contributed by atoms with Crippen LogP contribution in [0.25, 0.3) is 0 Å². The number of aliphatic hydroxyl groups is 1. The highest BCUT2D eigenvalue weighted by atomic mass is 16.2. The van der Waals surface area contributed by atoms with Gasteiger partial charge in [0.1, 0.15) is 0 Å². The molecule has 114 valence electrons. The molecule has 0 aliphatic carbocycles. The maximum Gasteiger partial charge on any atom is 0.0431 e. The maximum atomic E-state index is 8.78. The molecular weight excluding hydrogens is 248 g/mol. The SMILES string of the molecule is CCNC(CC)c1ccc(N(C)CCCCCO)cc1. The second kappa shape index (κ2) is 9.78. The normalized spacial score (nSPS) is 12.4. The summed E-state index contributed by atoms with van der Waals surface area (Å²) in [5, 5.41) is 12.3. The summed E-state index contributed by atoms with van der Waals surface area (Å²) >= 11 is 0. The highest BCUT2D eigenvalue weighted by molar-refractivity contribution is 5.47. The van der Waals surface area contributed by atoms with Crippen molar-refractivity contribution < 1.29 is 5.11 Å². The van der Waals surface area contributed by atoms with Gasteiger partial charge in [0.25, 0.3) is 0 Å². The van der Waals surface area contributed by atoms with E-state index in [2.05, 4.69) is 55.4 Å². The van der Waals surface area contributed by atoms with Crippen molar-refractivity contribution in [3.05, 3.63) is 29.8 Å². The van der Waals surface area contributed by atoms with Crippen molar-refractivity contribution in [2.75, 3.05) is 31.6 Å². The number of nitrogens with zero attached hydrogens (tertiary/aromatic N) is 1. The van der Waals surface area contributed by atoms with Crippen LogP contribution >= 0.6 is 0 Å². The molecule has 2 N–H and O–H groups in total. The van der Waals surface area contributed by atoms with Crippen LogP contribution in [0, 0.1) is 0 Å². The second-order valence-corrected chi connectivity index (χ2v) is 5.32. The number of unbranched alkanes of at least 4 members (excludes halogenated alkanes) is 2. The van der Waals surface area contributed by atoms with Crippen LogP contribution in [0.4, 0.5) is 5.69 Å². The van der Waals surface area contributed by atoms with E-state index >= 15 is 0 Å². The monoisotopic (exact) mass is 278 g/mol. The van der Waals surface area contributed by atoms with Crippen LogP contribution in [-0.2, 0) is 0 Å². The van der Waals surface area contributed by atoms with Crippen LogP contribution in [0.3, 0.4) is 0 Å². The Morgan fingerprint density at radius 2 is 1.80 bits per heavy atom. The molecule has 1 unspecified atom stereocenters. The molecular formula is C17H30N2O. The smallest absolute Gasteiger partial charge is 0.0431 e. The van der Waals surface area contributed by atoms with Gasteiger partial charge in [-0.15, -0.1) is 0 Å². The quantitative estimate of drug-likeness (QED) is 0.644. The highest BCUT2D eigenvalue weighted by Gasteiger charge is 2.08. The molecule has 0 amide bonds. The molecule has 0 bridgehead atoms. The van der Waals surface area contributed by atoms with Crippen molar-refractivity contribution in [2.24, 2.45) is 0 Å². The molecule has 0 radical (unpaired) electrons. The average Bonchev–Trinajstić information content (AvgIpc) is 2.49. The van der Waals surface area contributed by atoms with E-state index in [0.717, 1.165) is 38.8 Å². The summed E-state index contributed by atoms with van der Waals surface area (Å²) < 4.78 is 0. The van der Waals surface area contributed by atoms with Gasteiger partial charge in [-0.2, -0.15) is 0 Å². The maximum absolute atomic E-state index is 8.78. The Labute approximate surface area is 124 Å². The molecule has 0 saturated carbocycles. The van der Waals surface area contributed by atoms with E-state index in [1.807, 2.05) is 0 Å². The summed E-state index contributed by atoms with van der Waals surface area (Å²) in [5.41, 5.74) is 2.64. The summed E-state index contributed by atoms with van der Waals surface area (Å²) in [4.78, 5) is 2.29. The molecule has 1 aromatic carbocycles. The van der Waals surface area contributed by atoms with Gasteiger partial charge >= 0.3 is 0 Å². The van der Waals surface area contributed by atoms with Crippen molar-refractivity contribution in [3.8, 4) is 0 Å². The number of hydrogen-bond donors (Lipinski definition) is 2. The standard InChI is InChI=1S/C17H30N2O/c1-4-17(18-5-2)15-9-11-16(12-10-15)19(3)13-7-6-8-14-20/h9-12,17-18,20H,4-8,13-14H2,1-3H3. The van der Waals surface area contributed by atoms with Gasteiger partial charge in [0.15, 0.2) is 0 Å². The van der Waals surface area contributed by atoms with Gasteiger partial charge in [-0.1, -0.05) is 26.0 Å². The predicted molar refractivity (Wildman–Crippen MR) is 87.4 cm³/mol. The number of anilines is 1.